The second-order valence-corrected chi connectivity index (χ2v) is 12.6. The first-order valence-corrected chi connectivity index (χ1v) is 15.1. The second-order valence-electron chi connectivity index (χ2n) is 10.7. The average Bonchev–Trinajstić information content (AvgIpc) is 2.95. The van der Waals surface area contributed by atoms with Crippen LogP contribution >= 0.6 is 0 Å². The molecule has 0 heterocycles. The van der Waals surface area contributed by atoms with Crippen LogP contribution in [0.1, 0.15) is 43.0 Å². The Morgan fingerprint density at radius 1 is 0.902 bits per heavy atom. The highest BCUT2D eigenvalue weighted by molar-refractivity contribution is 7.92. The Morgan fingerprint density at radius 2 is 1.54 bits per heavy atom. The quantitative estimate of drug-likeness (QED) is 0.326. The largest absolute Gasteiger partial charge is 0.497 e. The van der Waals surface area contributed by atoms with Crippen molar-refractivity contribution in [3.8, 4) is 5.75 Å². The molecule has 8 nitrogen and oxygen atoms in total. The minimum absolute atomic E-state index is 0.0845. The summed E-state index contributed by atoms with van der Waals surface area (Å²) in [5.41, 5.74) is 3.77. The SMILES string of the molecule is COc1ccc(CN(C(=O)CN(c2cccc(C)c2C)S(=O)(=O)c2ccc(C)cc2)C(C)C(=O)NCC(C)C)cc1. The van der Waals surface area contributed by atoms with E-state index in [0.29, 0.717) is 18.0 Å². The third kappa shape index (κ3) is 7.88. The molecule has 0 aliphatic heterocycles. The van der Waals surface area contributed by atoms with Gasteiger partial charge in [0.2, 0.25) is 11.8 Å². The van der Waals surface area contributed by atoms with E-state index in [1.54, 1.807) is 62.6 Å². The van der Waals surface area contributed by atoms with Crippen molar-refractivity contribution in [3.63, 3.8) is 0 Å². The van der Waals surface area contributed by atoms with Crippen molar-refractivity contribution >= 4 is 27.5 Å². The highest BCUT2D eigenvalue weighted by Gasteiger charge is 2.33. The molecule has 0 aromatic heterocycles. The number of carbonyl (C=O) groups is 2. The van der Waals surface area contributed by atoms with Gasteiger partial charge in [0.15, 0.2) is 0 Å². The van der Waals surface area contributed by atoms with Crippen LogP contribution < -0.4 is 14.4 Å². The number of hydrogen-bond acceptors (Lipinski definition) is 5. The predicted molar refractivity (Wildman–Crippen MR) is 162 cm³/mol. The second kappa shape index (κ2) is 13.7. The van der Waals surface area contributed by atoms with Crippen LogP contribution in [0.15, 0.2) is 71.6 Å². The normalized spacial score (nSPS) is 12.1. The lowest BCUT2D eigenvalue weighted by molar-refractivity contribution is -0.139. The fourth-order valence-electron chi connectivity index (χ4n) is 4.32. The van der Waals surface area contributed by atoms with Crippen LogP contribution in [0.4, 0.5) is 5.69 Å². The maximum Gasteiger partial charge on any atom is 0.264 e. The van der Waals surface area contributed by atoms with Gasteiger partial charge in [0.25, 0.3) is 10.0 Å². The number of aryl methyl sites for hydroxylation is 2. The van der Waals surface area contributed by atoms with Gasteiger partial charge in [-0.25, -0.2) is 8.42 Å². The number of anilines is 1. The van der Waals surface area contributed by atoms with Gasteiger partial charge in [-0.2, -0.15) is 0 Å². The number of sulfonamides is 1. The number of rotatable bonds is 12. The summed E-state index contributed by atoms with van der Waals surface area (Å²) in [6, 6.07) is 18.3. The summed E-state index contributed by atoms with van der Waals surface area (Å²) >= 11 is 0. The van der Waals surface area contributed by atoms with Gasteiger partial charge >= 0.3 is 0 Å². The van der Waals surface area contributed by atoms with Crippen molar-refractivity contribution in [1.29, 1.82) is 0 Å². The van der Waals surface area contributed by atoms with Crippen LogP contribution in [0.2, 0.25) is 0 Å². The average molecular weight is 580 g/mol. The molecule has 9 heteroatoms. The molecular formula is C32H41N3O5S. The zero-order chi connectivity index (χ0) is 30.3. The number of benzene rings is 3. The summed E-state index contributed by atoms with van der Waals surface area (Å²) < 4.78 is 34.5. The molecule has 0 radical (unpaired) electrons. The molecule has 2 amide bonds. The minimum atomic E-state index is -4.12. The first kappa shape index (κ1) is 31.7. The summed E-state index contributed by atoms with van der Waals surface area (Å²) in [4.78, 5) is 28.7. The fourth-order valence-corrected chi connectivity index (χ4v) is 5.79. The Balaban J connectivity index is 2.05. The summed E-state index contributed by atoms with van der Waals surface area (Å²) in [6.07, 6.45) is 0. The van der Waals surface area contributed by atoms with E-state index in [2.05, 4.69) is 5.32 Å². The molecule has 3 aromatic carbocycles. The smallest absolute Gasteiger partial charge is 0.264 e. The lowest BCUT2D eigenvalue weighted by atomic mass is 10.1. The first-order valence-electron chi connectivity index (χ1n) is 13.7. The number of nitrogens with zero attached hydrogens (tertiary/aromatic N) is 2. The zero-order valence-corrected chi connectivity index (χ0v) is 25.8. The third-order valence-corrected chi connectivity index (χ3v) is 8.87. The van der Waals surface area contributed by atoms with E-state index in [-0.39, 0.29) is 23.3 Å². The predicted octanol–water partition coefficient (Wildman–Crippen LogP) is 5.01. The Hall–Kier alpha value is -3.85. The van der Waals surface area contributed by atoms with Gasteiger partial charge in [0.1, 0.15) is 18.3 Å². The highest BCUT2D eigenvalue weighted by Crippen LogP contribution is 2.29. The molecule has 0 bridgehead atoms. The number of hydrogen-bond donors (Lipinski definition) is 1. The number of amides is 2. The minimum Gasteiger partial charge on any atom is -0.497 e. The summed E-state index contributed by atoms with van der Waals surface area (Å²) in [5.74, 6) is 0.0980. The number of ether oxygens (including phenoxy) is 1. The molecule has 1 unspecified atom stereocenters. The lowest BCUT2D eigenvalue weighted by Crippen LogP contribution is -2.51. The highest BCUT2D eigenvalue weighted by atomic mass is 32.2. The van der Waals surface area contributed by atoms with Crippen LogP contribution in [0, 0.1) is 26.7 Å². The van der Waals surface area contributed by atoms with Crippen LogP contribution in [0.3, 0.4) is 0 Å². The van der Waals surface area contributed by atoms with Gasteiger partial charge < -0.3 is 15.0 Å². The molecule has 0 saturated carbocycles. The van der Waals surface area contributed by atoms with E-state index >= 15 is 0 Å². The van der Waals surface area contributed by atoms with Crippen LogP contribution in [-0.2, 0) is 26.2 Å². The van der Waals surface area contributed by atoms with Crippen molar-refractivity contribution in [3.05, 3.63) is 89.0 Å². The number of nitrogens with one attached hydrogen (secondary N) is 1. The molecule has 1 atom stereocenters. The van der Waals surface area contributed by atoms with E-state index in [4.69, 9.17) is 4.74 Å². The van der Waals surface area contributed by atoms with Crippen molar-refractivity contribution in [1.82, 2.24) is 10.2 Å². The first-order chi connectivity index (χ1) is 19.3. The molecule has 0 spiro atoms. The topological polar surface area (TPSA) is 96.0 Å². The standard InChI is InChI=1S/C32H41N3O5S/c1-22(2)19-33-32(37)26(6)34(20-27-13-15-28(40-7)16-14-27)31(36)21-35(30-10-8-9-24(4)25(30)5)41(38,39)29-17-11-23(3)12-18-29/h8-18,22,26H,19-21H2,1-7H3,(H,33,37). The van der Waals surface area contributed by atoms with Crippen LogP contribution in [-0.4, -0.2) is 51.4 Å². The molecule has 220 valence electrons. The van der Waals surface area contributed by atoms with Gasteiger partial charge in [0, 0.05) is 13.1 Å². The van der Waals surface area contributed by atoms with Gasteiger partial charge in [0.05, 0.1) is 17.7 Å². The monoisotopic (exact) mass is 579 g/mol. The number of methoxy groups -OCH3 is 1. The Bertz CT molecular complexity index is 1450. The Labute approximate surface area is 244 Å². The summed E-state index contributed by atoms with van der Waals surface area (Å²) in [6.45, 7) is 11.4. The molecule has 1 N–H and O–H groups in total. The number of carbonyl (C=O) groups excluding carboxylic acids is 2. The maximum atomic E-state index is 14.1. The third-order valence-electron chi connectivity index (χ3n) is 7.10. The fraction of sp³-hybridized carbons (Fsp3) is 0.375. The van der Waals surface area contributed by atoms with E-state index in [1.165, 1.54) is 4.90 Å². The molecule has 0 aliphatic rings. The maximum absolute atomic E-state index is 14.1. The summed E-state index contributed by atoms with van der Waals surface area (Å²) in [5, 5.41) is 2.90. The van der Waals surface area contributed by atoms with E-state index in [9.17, 15) is 18.0 Å². The van der Waals surface area contributed by atoms with E-state index < -0.39 is 28.5 Å². The van der Waals surface area contributed by atoms with Crippen molar-refractivity contribution in [2.75, 3.05) is 24.5 Å². The summed E-state index contributed by atoms with van der Waals surface area (Å²) in [7, 11) is -2.55. The van der Waals surface area contributed by atoms with Gasteiger partial charge in [-0.15, -0.1) is 0 Å². The van der Waals surface area contributed by atoms with Crippen molar-refractivity contribution < 1.29 is 22.7 Å². The van der Waals surface area contributed by atoms with Gasteiger partial charge in [-0.1, -0.05) is 55.8 Å². The molecule has 0 saturated heterocycles. The van der Waals surface area contributed by atoms with Gasteiger partial charge in [-0.05, 0) is 80.6 Å². The molecule has 41 heavy (non-hydrogen) atoms. The van der Waals surface area contributed by atoms with Crippen LogP contribution in [0.5, 0.6) is 5.75 Å². The molecule has 0 aliphatic carbocycles. The Kier molecular flexibility index (Phi) is 10.6. The zero-order valence-electron chi connectivity index (χ0n) is 25.0. The van der Waals surface area contributed by atoms with E-state index in [1.807, 2.05) is 52.8 Å². The van der Waals surface area contributed by atoms with Crippen molar-refractivity contribution in [2.24, 2.45) is 5.92 Å². The molecule has 0 fully saturated rings. The van der Waals surface area contributed by atoms with Gasteiger partial charge in [-0.3, -0.25) is 13.9 Å². The molecule has 3 aromatic rings. The lowest BCUT2D eigenvalue weighted by Gasteiger charge is -2.32. The molecular weight excluding hydrogens is 538 g/mol. The molecule has 3 rings (SSSR count). The Morgan fingerprint density at radius 3 is 2.12 bits per heavy atom. The van der Waals surface area contributed by atoms with E-state index in [0.717, 1.165) is 26.6 Å². The van der Waals surface area contributed by atoms with Crippen molar-refractivity contribution in [2.45, 2.75) is 59.0 Å². The van der Waals surface area contributed by atoms with Crippen LogP contribution in [0.25, 0.3) is 0 Å².